The van der Waals surface area contributed by atoms with Crippen LogP contribution < -0.4 is 5.32 Å². The summed E-state index contributed by atoms with van der Waals surface area (Å²) in [4.78, 5) is 16.9. The third-order valence-corrected chi connectivity index (χ3v) is 4.25. The van der Waals surface area contributed by atoms with Crippen molar-refractivity contribution < 1.29 is 4.79 Å². The highest BCUT2D eigenvalue weighted by Gasteiger charge is 2.24. The van der Waals surface area contributed by atoms with E-state index in [0.29, 0.717) is 12.0 Å². The Bertz CT molecular complexity index is 294. The quantitative estimate of drug-likeness (QED) is 0.807. The minimum absolute atomic E-state index is 0.0639. The molecule has 1 atom stereocenters. The zero-order valence-corrected chi connectivity index (χ0v) is 14.1. The summed E-state index contributed by atoms with van der Waals surface area (Å²) in [7, 11) is 0. The molecule has 1 aliphatic heterocycles. The van der Waals surface area contributed by atoms with Gasteiger partial charge in [-0.05, 0) is 19.8 Å². The van der Waals surface area contributed by atoms with Gasteiger partial charge in [0.1, 0.15) is 0 Å². The molecule has 0 aromatic carbocycles. The molecule has 0 aromatic heterocycles. The van der Waals surface area contributed by atoms with E-state index in [1.807, 2.05) is 13.8 Å². The van der Waals surface area contributed by atoms with Crippen molar-refractivity contribution in [3.05, 3.63) is 0 Å². The van der Waals surface area contributed by atoms with E-state index in [2.05, 4.69) is 42.8 Å². The fourth-order valence-electron chi connectivity index (χ4n) is 2.51. The molecule has 1 saturated heterocycles. The van der Waals surface area contributed by atoms with E-state index in [-0.39, 0.29) is 17.9 Å². The van der Waals surface area contributed by atoms with Gasteiger partial charge in [-0.2, -0.15) is 0 Å². The number of rotatable bonds is 6. The van der Waals surface area contributed by atoms with Crippen LogP contribution in [0.25, 0.3) is 0 Å². The summed E-state index contributed by atoms with van der Waals surface area (Å²) in [5, 5.41) is 3.20. The largest absolute Gasteiger partial charge is 0.352 e. The van der Waals surface area contributed by atoms with Gasteiger partial charge in [0.2, 0.25) is 5.91 Å². The predicted octanol–water partition coefficient (Wildman–Crippen LogP) is 1.81. The summed E-state index contributed by atoms with van der Waals surface area (Å²) < 4.78 is 0. The molecule has 0 bridgehead atoms. The van der Waals surface area contributed by atoms with Gasteiger partial charge in [0.05, 0.1) is 0 Å². The molecule has 1 N–H and O–H groups in total. The van der Waals surface area contributed by atoms with E-state index in [1.165, 1.54) is 0 Å². The third kappa shape index (κ3) is 5.41. The molecule has 1 amide bonds. The number of nitrogens with zero attached hydrogens (tertiary/aromatic N) is 2. The zero-order valence-electron chi connectivity index (χ0n) is 14.1. The maximum absolute atomic E-state index is 11.9. The molecule has 118 valence electrons. The summed E-state index contributed by atoms with van der Waals surface area (Å²) in [5.41, 5.74) is 0. The standard InChI is InChI=1S/C16H33N3O/c1-12(2)15(17-16(20)13(3)4)11-18-7-9-19(10-8-18)14(5)6/h12-15H,7-11H2,1-6H3,(H,17,20)/t15-/m1/s1. The lowest BCUT2D eigenvalue weighted by Crippen LogP contribution is -2.54. The number of nitrogens with one attached hydrogen (secondary N) is 1. The smallest absolute Gasteiger partial charge is 0.222 e. The summed E-state index contributed by atoms with van der Waals surface area (Å²) in [6.07, 6.45) is 0. The van der Waals surface area contributed by atoms with E-state index in [4.69, 9.17) is 0 Å². The number of hydrogen-bond acceptors (Lipinski definition) is 3. The first-order valence-corrected chi connectivity index (χ1v) is 8.08. The maximum atomic E-state index is 11.9. The van der Waals surface area contributed by atoms with Crippen LogP contribution >= 0.6 is 0 Å². The summed E-state index contributed by atoms with van der Waals surface area (Å²) >= 11 is 0. The zero-order chi connectivity index (χ0) is 15.3. The third-order valence-electron chi connectivity index (χ3n) is 4.25. The van der Waals surface area contributed by atoms with Crippen LogP contribution in [0.3, 0.4) is 0 Å². The van der Waals surface area contributed by atoms with Crippen molar-refractivity contribution in [1.82, 2.24) is 15.1 Å². The van der Waals surface area contributed by atoms with Crippen LogP contribution in [0.2, 0.25) is 0 Å². The van der Waals surface area contributed by atoms with E-state index in [9.17, 15) is 4.79 Å². The van der Waals surface area contributed by atoms with Gasteiger partial charge in [0, 0.05) is 50.7 Å². The molecule has 0 aromatic rings. The van der Waals surface area contributed by atoms with Crippen molar-refractivity contribution in [3.8, 4) is 0 Å². The van der Waals surface area contributed by atoms with Crippen LogP contribution in [-0.2, 0) is 4.79 Å². The molecule has 4 heteroatoms. The summed E-state index contributed by atoms with van der Waals surface area (Å²) in [5.74, 6) is 0.708. The predicted molar refractivity (Wildman–Crippen MR) is 84.8 cm³/mol. The molecule has 0 unspecified atom stereocenters. The molecule has 1 aliphatic rings. The maximum Gasteiger partial charge on any atom is 0.222 e. The molecule has 1 heterocycles. The molecule has 1 fully saturated rings. The average molecular weight is 283 g/mol. The fraction of sp³-hybridized carbons (Fsp3) is 0.938. The van der Waals surface area contributed by atoms with Gasteiger partial charge in [-0.25, -0.2) is 0 Å². The van der Waals surface area contributed by atoms with E-state index in [0.717, 1.165) is 32.7 Å². The van der Waals surface area contributed by atoms with Gasteiger partial charge in [0.15, 0.2) is 0 Å². The van der Waals surface area contributed by atoms with Crippen LogP contribution in [0.15, 0.2) is 0 Å². The topological polar surface area (TPSA) is 35.6 Å². The molecular formula is C16H33N3O. The van der Waals surface area contributed by atoms with E-state index >= 15 is 0 Å². The van der Waals surface area contributed by atoms with Crippen molar-refractivity contribution in [3.63, 3.8) is 0 Å². The minimum atomic E-state index is 0.0639. The van der Waals surface area contributed by atoms with Gasteiger partial charge in [-0.1, -0.05) is 27.7 Å². The Morgan fingerprint density at radius 3 is 1.95 bits per heavy atom. The first-order chi connectivity index (χ1) is 9.31. The molecule has 0 spiro atoms. The first kappa shape index (κ1) is 17.4. The average Bonchev–Trinajstić information content (AvgIpc) is 2.38. The van der Waals surface area contributed by atoms with Crippen LogP contribution in [-0.4, -0.2) is 60.5 Å². The van der Waals surface area contributed by atoms with Crippen LogP contribution in [0.5, 0.6) is 0 Å². The number of piperazine rings is 1. The summed E-state index contributed by atoms with van der Waals surface area (Å²) in [6.45, 7) is 18.3. The lowest BCUT2D eigenvalue weighted by Gasteiger charge is -2.39. The van der Waals surface area contributed by atoms with Crippen LogP contribution in [0, 0.1) is 11.8 Å². The van der Waals surface area contributed by atoms with Crippen molar-refractivity contribution in [2.75, 3.05) is 32.7 Å². The molecule has 4 nitrogen and oxygen atoms in total. The van der Waals surface area contributed by atoms with Crippen molar-refractivity contribution in [2.45, 2.75) is 53.6 Å². The minimum Gasteiger partial charge on any atom is -0.352 e. The Morgan fingerprint density at radius 2 is 1.55 bits per heavy atom. The second-order valence-corrected chi connectivity index (χ2v) is 6.94. The van der Waals surface area contributed by atoms with Crippen molar-refractivity contribution in [2.24, 2.45) is 11.8 Å². The Labute approximate surface area is 124 Å². The molecule has 1 rings (SSSR count). The second kappa shape index (κ2) is 7.99. The normalized spacial score (nSPS) is 19.9. The van der Waals surface area contributed by atoms with Gasteiger partial charge in [-0.3, -0.25) is 14.6 Å². The Hall–Kier alpha value is -0.610. The number of amides is 1. The highest BCUT2D eigenvalue weighted by Crippen LogP contribution is 2.10. The number of carbonyl (C=O) groups is 1. The second-order valence-electron chi connectivity index (χ2n) is 6.94. The number of hydrogen-bond donors (Lipinski definition) is 1. The Balaban J connectivity index is 2.45. The molecular weight excluding hydrogens is 250 g/mol. The van der Waals surface area contributed by atoms with Crippen LogP contribution in [0.1, 0.15) is 41.5 Å². The van der Waals surface area contributed by atoms with E-state index < -0.39 is 0 Å². The molecule has 0 aliphatic carbocycles. The van der Waals surface area contributed by atoms with Gasteiger partial charge < -0.3 is 5.32 Å². The molecule has 20 heavy (non-hydrogen) atoms. The first-order valence-electron chi connectivity index (χ1n) is 8.08. The van der Waals surface area contributed by atoms with Gasteiger partial charge >= 0.3 is 0 Å². The summed E-state index contributed by atoms with van der Waals surface area (Å²) in [6, 6.07) is 0.897. The van der Waals surface area contributed by atoms with Crippen molar-refractivity contribution >= 4 is 5.91 Å². The van der Waals surface area contributed by atoms with Crippen LogP contribution in [0.4, 0.5) is 0 Å². The highest BCUT2D eigenvalue weighted by atomic mass is 16.1. The van der Waals surface area contributed by atoms with Crippen molar-refractivity contribution in [1.29, 1.82) is 0 Å². The lowest BCUT2D eigenvalue weighted by molar-refractivity contribution is -0.125. The molecule has 0 radical (unpaired) electrons. The fourth-order valence-corrected chi connectivity index (χ4v) is 2.51. The lowest BCUT2D eigenvalue weighted by atomic mass is 10.0. The molecule has 0 saturated carbocycles. The highest BCUT2D eigenvalue weighted by molar-refractivity contribution is 5.78. The Kier molecular flexibility index (Phi) is 6.96. The van der Waals surface area contributed by atoms with Gasteiger partial charge in [0.25, 0.3) is 0 Å². The monoisotopic (exact) mass is 283 g/mol. The van der Waals surface area contributed by atoms with Gasteiger partial charge in [-0.15, -0.1) is 0 Å². The SMILES string of the molecule is CC(C)C(=O)N[C@H](CN1CCN(C(C)C)CC1)C(C)C. The number of carbonyl (C=O) groups excluding carboxylic acids is 1. The Morgan fingerprint density at radius 1 is 1.00 bits per heavy atom. The van der Waals surface area contributed by atoms with E-state index in [1.54, 1.807) is 0 Å².